The van der Waals surface area contributed by atoms with Gasteiger partial charge in [-0.25, -0.2) is 0 Å². The molecule has 4 rings (SSSR count). The topological polar surface area (TPSA) is 0 Å². The van der Waals surface area contributed by atoms with Crippen LogP contribution < -0.4 is 15.2 Å². The Morgan fingerprint density at radius 2 is 1.25 bits per heavy atom. The van der Waals surface area contributed by atoms with Crippen molar-refractivity contribution in [3.63, 3.8) is 0 Å². The van der Waals surface area contributed by atoms with Gasteiger partial charge in [-0.3, -0.25) is 0 Å². The SMILES string of the molecule is [Se]=P(c1ccccc1)(c1ccccc1)c1ccc(-c2cccs2)s1. The Morgan fingerprint density at radius 3 is 1.79 bits per heavy atom. The first-order chi connectivity index (χ1) is 11.8. The molecule has 24 heavy (non-hydrogen) atoms. The van der Waals surface area contributed by atoms with E-state index in [4.69, 9.17) is 0 Å². The van der Waals surface area contributed by atoms with Gasteiger partial charge < -0.3 is 0 Å². The van der Waals surface area contributed by atoms with E-state index in [-0.39, 0.29) is 0 Å². The molecule has 0 radical (unpaired) electrons. The summed E-state index contributed by atoms with van der Waals surface area (Å²) >= 11 is 7.34. The average Bonchev–Trinajstić information content (AvgIpc) is 3.34. The zero-order valence-electron chi connectivity index (χ0n) is 12.8. The summed E-state index contributed by atoms with van der Waals surface area (Å²) in [6.07, 6.45) is 0. The van der Waals surface area contributed by atoms with Crippen molar-refractivity contribution in [2.75, 3.05) is 0 Å². The van der Waals surface area contributed by atoms with E-state index in [1.54, 1.807) is 11.3 Å². The molecular formula is C20H15PS2Se. The van der Waals surface area contributed by atoms with Crippen molar-refractivity contribution in [3.8, 4) is 9.75 Å². The van der Waals surface area contributed by atoms with E-state index < -0.39 is 5.51 Å². The van der Waals surface area contributed by atoms with E-state index in [0.717, 1.165) is 0 Å². The van der Waals surface area contributed by atoms with Crippen LogP contribution in [0.15, 0.2) is 90.3 Å². The normalized spacial score (nSPS) is 11.5. The Morgan fingerprint density at radius 1 is 0.625 bits per heavy atom. The van der Waals surface area contributed by atoms with Gasteiger partial charge >= 0.3 is 159 Å². The van der Waals surface area contributed by atoms with Gasteiger partial charge in [0.2, 0.25) is 0 Å². The maximum atomic E-state index is 3.62. The fourth-order valence-electron chi connectivity index (χ4n) is 2.73. The van der Waals surface area contributed by atoms with Crippen LogP contribution in [0.3, 0.4) is 0 Å². The predicted octanol–water partition coefficient (Wildman–Crippen LogP) is 4.85. The van der Waals surface area contributed by atoms with Crippen LogP contribution in [0.5, 0.6) is 0 Å². The first kappa shape index (κ1) is 16.3. The Labute approximate surface area is 158 Å². The van der Waals surface area contributed by atoms with Crippen molar-refractivity contribution in [1.82, 2.24) is 0 Å². The molecule has 0 nitrogen and oxygen atoms in total. The van der Waals surface area contributed by atoms with E-state index in [2.05, 4.69) is 105 Å². The second-order valence-electron chi connectivity index (χ2n) is 5.40. The molecule has 0 aliphatic carbocycles. The Hall–Kier alpha value is -1.21. The van der Waals surface area contributed by atoms with Gasteiger partial charge in [-0.05, 0) is 0 Å². The second kappa shape index (κ2) is 6.96. The van der Waals surface area contributed by atoms with Crippen molar-refractivity contribution in [1.29, 1.82) is 0 Å². The van der Waals surface area contributed by atoms with Crippen LogP contribution in [-0.4, -0.2) is 15.1 Å². The summed E-state index contributed by atoms with van der Waals surface area (Å²) in [7, 11) is 0. The summed E-state index contributed by atoms with van der Waals surface area (Å²) in [5.41, 5.74) is -1.71. The van der Waals surface area contributed by atoms with Crippen molar-refractivity contribution in [3.05, 3.63) is 90.3 Å². The monoisotopic (exact) mass is 430 g/mol. The standard InChI is InChI=1S/C20H15PS2Se/c24-21(16-8-3-1-4-9-16,17-10-5-2-6-11-17)20-14-13-19(23-20)18-12-7-15-22-18/h1-15H. The number of hydrogen-bond acceptors (Lipinski definition) is 2. The molecule has 2 heterocycles. The number of benzene rings is 2. The summed E-state index contributed by atoms with van der Waals surface area (Å²) < 4.78 is 1.43. The Bertz CT molecular complexity index is 929. The molecule has 4 heteroatoms. The maximum absolute atomic E-state index is 3.62. The molecule has 0 spiro atoms. The van der Waals surface area contributed by atoms with Crippen LogP contribution in [0.1, 0.15) is 0 Å². The molecule has 0 aliphatic heterocycles. The van der Waals surface area contributed by atoms with Crippen molar-refractivity contribution in [2.24, 2.45) is 0 Å². The molecule has 0 saturated heterocycles. The molecule has 0 atom stereocenters. The van der Waals surface area contributed by atoms with Gasteiger partial charge in [0.05, 0.1) is 0 Å². The Kier molecular flexibility index (Phi) is 4.72. The molecule has 0 fully saturated rings. The van der Waals surface area contributed by atoms with Crippen LogP contribution >= 0.6 is 28.2 Å². The van der Waals surface area contributed by atoms with Crippen molar-refractivity contribution >= 4 is 58.5 Å². The average molecular weight is 429 g/mol. The molecule has 0 unspecified atom stereocenters. The molecule has 0 bridgehead atoms. The van der Waals surface area contributed by atoms with Crippen molar-refractivity contribution < 1.29 is 0 Å². The molecule has 4 aromatic rings. The first-order valence-corrected chi connectivity index (χ1v) is 13.3. The van der Waals surface area contributed by atoms with Gasteiger partial charge in [0, 0.05) is 0 Å². The van der Waals surface area contributed by atoms with Gasteiger partial charge in [-0.1, -0.05) is 0 Å². The second-order valence-corrected chi connectivity index (χ2v) is 13.9. The van der Waals surface area contributed by atoms with Crippen LogP contribution in [0.4, 0.5) is 0 Å². The van der Waals surface area contributed by atoms with E-state index in [1.807, 2.05) is 11.3 Å². The molecule has 2 aromatic heterocycles. The summed E-state index contributed by atoms with van der Waals surface area (Å²) in [5, 5.41) is 4.91. The Balaban J connectivity index is 1.90. The fraction of sp³-hybridized carbons (Fsp3) is 0. The molecular weight excluding hydrogens is 414 g/mol. The molecule has 0 saturated carbocycles. The van der Waals surface area contributed by atoms with Crippen LogP contribution in [0.25, 0.3) is 9.75 Å². The van der Waals surface area contributed by atoms with Gasteiger partial charge in [0.25, 0.3) is 0 Å². The third-order valence-electron chi connectivity index (χ3n) is 3.91. The van der Waals surface area contributed by atoms with Crippen molar-refractivity contribution in [2.45, 2.75) is 0 Å². The van der Waals surface area contributed by atoms with Gasteiger partial charge in [0.1, 0.15) is 0 Å². The van der Waals surface area contributed by atoms with E-state index in [1.165, 1.54) is 25.0 Å². The minimum atomic E-state index is -1.71. The summed E-state index contributed by atoms with van der Waals surface area (Å²) in [6, 6.07) is 30.6. The molecule has 118 valence electrons. The van der Waals surface area contributed by atoms with Gasteiger partial charge in [-0.2, -0.15) is 0 Å². The van der Waals surface area contributed by atoms with Gasteiger partial charge in [0.15, 0.2) is 0 Å². The zero-order valence-corrected chi connectivity index (χ0v) is 17.1. The third kappa shape index (κ3) is 2.92. The molecule has 0 aliphatic rings. The molecule has 2 aromatic carbocycles. The summed E-state index contributed by atoms with van der Waals surface area (Å²) in [4.78, 5) is 2.70. The minimum absolute atomic E-state index is 1.35. The molecule has 0 N–H and O–H groups in total. The third-order valence-corrected chi connectivity index (χ3v) is 14.4. The van der Waals surface area contributed by atoms with Gasteiger partial charge in [-0.15, -0.1) is 0 Å². The van der Waals surface area contributed by atoms with Crippen LogP contribution in [0.2, 0.25) is 0 Å². The first-order valence-electron chi connectivity index (χ1n) is 7.64. The summed E-state index contributed by atoms with van der Waals surface area (Å²) in [5.74, 6) is 0. The fourth-order valence-corrected chi connectivity index (χ4v) is 10.6. The number of thiophene rings is 2. The van der Waals surface area contributed by atoms with Crippen LogP contribution in [0, 0.1) is 0 Å². The van der Waals surface area contributed by atoms with Crippen LogP contribution in [-0.2, 0) is 0 Å². The van der Waals surface area contributed by atoms with E-state index >= 15 is 0 Å². The predicted molar refractivity (Wildman–Crippen MR) is 112 cm³/mol. The van der Waals surface area contributed by atoms with E-state index in [9.17, 15) is 0 Å². The zero-order chi connectivity index (χ0) is 16.4. The molecule has 0 amide bonds. The summed E-state index contributed by atoms with van der Waals surface area (Å²) in [6.45, 7) is 0. The number of rotatable bonds is 4. The number of hydrogen-bond donors (Lipinski definition) is 0. The van der Waals surface area contributed by atoms with E-state index in [0.29, 0.717) is 0 Å². The quantitative estimate of drug-likeness (QED) is 0.321.